The van der Waals surface area contributed by atoms with Crippen molar-refractivity contribution in [3.05, 3.63) is 11.6 Å². The summed E-state index contributed by atoms with van der Waals surface area (Å²) in [6.07, 6.45) is 5.95. The van der Waals surface area contributed by atoms with Gasteiger partial charge in [0.2, 0.25) is 0 Å². The molecule has 0 aromatic rings. The van der Waals surface area contributed by atoms with Crippen LogP contribution in [0.1, 0.15) is 92.9 Å². The van der Waals surface area contributed by atoms with Gasteiger partial charge in [-0.2, -0.15) is 0 Å². The molecule has 0 aliphatic heterocycles. The first-order valence-corrected chi connectivity index (χ1v) is 13.2. The van der Waals surface area contributed by atoms with Crippen molar-refractivity contribution in [1.82, 2.24) is 0 Å². The van der Waals surface area contributed by atoms with Gasteiger partial charge < -0.3 is 20.4 Å². The fourth-order valence-electron chi connectivity index (χ4n) is 7.49. The Morgan fingerprint density at radius 1 is 1.15 bits per heavy atom. The van der Waals surface area contributed by atoms with Gasteiger partial charge in [0.1, 0.15) is 0 Å². The number of aliphatic hydroxyl groups is 4. The van der Waals surface area contributed by atoms with Crippen LogP contribution in [0, 0.1) is 40.4 Å². The minimum atomic E-state index is -0.875. The van der Waals surface area contributed by atoms with Gasteiger partial charge in [0.05, 0.1) is 17.8 Å². The maximum absolute atomic E-state index is 13.9. The Labute approximate surface area is 200 Å². The molecule has 0 radical (unpaired) electrons. The summed E-state index contributed by atoms with van der Waals surface area (Å²) in [5.41, 5.74) is -1.25. The van der Waals surface area contributed by atoms with E-state index in [0.29, 0.717) is 49.5 Å². The highest BCUT2D eigenvalue weighted by atomic mass is 16.3. The highest BCUT2D eigenvalue weighted by Gasteiger charge is 2.58. The van der Waals surface area contributed by atoms with Crippen molar-refractivity contribution in [2.45, 2.75) is 111 Å². The number of hydrogen-bond acceptors (Lipinski definition) is 5. The topological polar surface area (TPSA) is 98.0 Å². The lowest BCUT2D eigenvalue weighted by Crippen LogP contribution is -2.52. The summed E-state index contributed by atoms with van der Waals surface area (Å²) in [5, 5.41) is 42.8. The van der Waals surface area contributed by atoms with Crippen LogP contribution in [0.15, 0.2) is 11.6 Å². The van der Waals surface area contributed by atoms with E-state index in [-0.39, 0.29) is 30.1 Å². The molecule has 9 atom stereocenters. The highest BCUT2D eigenvalue weighted by molar-refractivity contribution is 6.01. The first-order chi connectivity index (χ1) is 15.3. The lowest BCUT2D eigenvalue weighted by molar-refractivity contribution is -0.139. The monoisotopic (exact) mass is 464 g/mol. The Balaban J connectivity index is 1.90. The fraction of sp³-hybridized carbons (Fsp3) is 0.893. The molecule has 33 heavy (non-hydrogen) atoms. The second-order valence-electron chi connectivity index (χ2n) is 12.7. The number of carbonyl (C=O) groups excluding carboxylic acids is 1. The number of ketones is 1. The molecule has 2 fully saturated rings. The first kappa shape index (κ1) is 26.8. The van der Waals surface area contributed by atoms with Gasteiger partial charge in [0.25, 0.3) is 0 Å². The third kappa shape index (κ3) is 4.85. The van der Waals surface area contributed by atoms with Crippen LogP contribution >= 0.6 is 0 Å². The van der Waals surface area contributed by atoms with Gasteiger partial charge in [-0.3, -0.25) is 4.79 Å². The number of allylic oxidation sites excluding steroid dienone is 1. The first-order valence-electron chi connectivity index (χ1n) is 13.2. The average molecular weight is 465 g/mol. The van der Waals surface area contributed by atoms with E-state index >= 15 is 0 Å². The van der Waals surface area contributed by atoms with Crippen LogP contribution in [0.5, 0.6) is 0 Å². The summed E-state index contributed by atoms with van der Waals surface area (Å²) in [4.78, 5) is 13.9. The molecular weight excluding hydrogens is 416 g/mol. The molecule has 190 valence electrons. The third-order valence-corrected chi connectivity index (χ3v) is 10.2. The number of rotatable bonds is 8. The molecule has 0 bridgehead atoms. The largest absolute Gasteiger partial charge is 0.396 e. The summed E-state index contributed by atoms with van der Waals surface area (Å²) in [6, 6.07) is 0. The van der Waals surface area contributed by atoms with Crippen LogP contribution < -0.4 is 0 Å². The van der Waals surface area contributed by atoms with Gasteiger partial charge in [0.15, 0.2) is 5.78 Å². The molecule has 3 aliphatic carbocycles. The average Bonchev–Trinajstić information content (AvgIpc) is 3.08. The fourth-order valence-corrected chi connectivity index (χ4v) is 7.49. The zero-order valence-electron chi connectivity index (χ0n) is 21.7. The van der Waals surface area contributed by atoms with E-state index in [1.54, 1.807) is 6.08 Å². The lowest BCUT2D eigenvalue weighted by Gasteiger charge is -2.50. The van der Waals surface area contributed by atoms with E-state index in [4.69, 9.17) is 0 Å². The van der Waals surface area contributed by atoms with Gasteiger partial charge in [0, 0.05) is 17.9 Å². The lowest BCUT2D eigenvalue weighted by atomic mass is 9.55. The summed E-state index contributed by atoms with van der Waals surface area (Å²) in [5.74, 6) is 0.831. The number of Topliss-reactive ketones (excluding diaryl/α,β-unsaturated/α-hetero) is 1. The third-order valence-electron chi connectivity index (χ3n) is 10.2. The van der Waals surface area contributed by atoms with E-state index in [1.807, 2.05) is 13.8 Å². The van der Waals surface area contributed by atoms with Crippen molar-refractivity contribution in [3.8, 4) is 0 Å². The summed E-state index contributed by atoms with van der Waals surface area (Å²) in [7, 11) is 0. The molecule has 0 amide bonds. The van der Waals surface area contributed by atoms with Crippen molar-refractivity contribution in [3.63, 3.8) is 0 Å². The van der Waals surface area contributed by atoms with Crippen molar-refractivity contribution >= 4 is 5.78 Å². The van der Waals surface area contributed by atoms with Crippen LogP contribution in [0.25, 0.3) is 0 Å². The predicted octanol–water partition coefficient (Wildman–Crippen LogP) is 4.26. The molecule has 3 aliphatic rings. The summed E-state index contributed by atoms with van der Waals surface area (Å²) >= 11 is 0. The number of hydrogen-bond donors (Lipinski definition) is 4. The van der Waals surface area contributed by atoms with Crippen molar-refractivity contribution in [2.24, 2.45) is 40.4 Å². The smallest absolute Gasteiger partial charge is 0.165 e. The van der Waals surface area contributed by atoms with Gasteiger partial charge in [-0.05, 0) is 99.0 Å². The second-order valence-corrected chi connectivity index (χ2v) is 12.7. The molecule has 2 saturated carbocycles. The molecule has 0 saturated heterocycles. The van der Waals surface area contributed by atoms with Gasteiger partial charge in [-0.25, -0.2) is 0 Å². The zero-order chi connectivity index (χ0) is 24.8. The maximum atomic E-state index is 13.9. The molecule has 0 heterocycles. The quantitative estimate of drug-likeness (QED) is 0.430. The normalized spacial score (nSPS) is 42.1. The Morgan fingerprint density at radius 2 is 1.82 bits per heavy atom. The summed E-state index contributed by atoms with van der Waals surface area (Å²) < 4.78 is 0. The van der Waals surface area contributed by atoms with Gasteiger partial charge >= 0.3 is 0 Å². The van der Waals surface area contributed by atoms with Crippen LogP contribution in [0.2, 0.25) is 0 Å². The maximum Gasteiger partial charge on any atom is 0.165 e. The molecule has 9 unspecified atom stereocenters. The van der Waals surface area contributed by atoms with E-state index in [2.05, 4.69) is 27.7 Å². The van der Waals surface area contributed by atoms with Gasteiger partial charge in [-0.15, -0.1) is 0 Å². The number of carbonyl (C=O) groups is 1. The molecule has 4 N–H and O–H groups in total. The Kier molecular flexibility index (Phi) is 7.90. The second kappa shape index (κ2) is 9.72. The molecule has 0 aromatic carbocycles. The molecule has 5 nitrogen and oxygen atoms in total. The minimum Gasteiger partial charge on any atom is -0.396 e. The Bertz CT molecular complexity index is 743. The zero-order valence-corrected chi connectivity index (χ0v) is 21.7. The predicted molar refractivity (Wildman–Crippen MR) is 130 cm³/mol. The SMILES string of the molecule is CC(C)C(C)CCC(C)(O)C1CCC(C2=CC(O)C3CC(O)CCC3(C)C2=O)C1(C)CCO. The van der Waals surface area contributed by atoms with Crippen molar-refractivity contribution < 1.29 is 25.2 Å². The molecule has 0 aromatic heterocycles. The highest BCUT2D eigenvalue weighted by Crippen LogP contribution is 2.60. The summed E-state index contributed by atoms with van der Waals surface area (Å²) in [6.45, 7) is 12.7. The van der Waals surface area contributed by atoms with E-state index in [9.17, 15) is 25.2 Å². The van der Waals surface area contributed by atoms with Crippen LogP contribution in [0.3, 0.4) is 0 Å². The van der Waals surface area contributed by atoms with Crippen molar-refractivity contribution in [1.29, 1.82) is 0 Å². The van der Waals surface area contributed by atoms with Crippen LogP contribution in [0.4, 0.5) is 0 Å². The Hall–Kier alpha value is -0.750. The van der Waals surface area contributed by atoms with Crippen LogP contribution in [-0.4, -0.2) is 50.6 Å². The molecule has 3 rings (SSSR count). The number of aliphatic hydroxyl groups excluding tert-OH is 3. The van der Waals surface area contributed by atoms with E-state index in [0.717, 1.165) is 19.3 Å². The minimum absolute atomic E-state index is 0.0120. The Morgan fingerprint density at radius 3 is 2.42 bits per heavy atom. The molecule has 0 spiro atoms. The van der Waals surface area contributed by atoms with Gasteiger partial charge in [-0.1, -0.05) is 34.6 Å². The molecular formula is C28H48O5. The standard InChI is InChI=1S/C28H48O5/c1-17(2)18(3)9-12-28(6,33)24-8-7-21(26(24,4)13-14-29)20-16-23(31)22-15-19(30)10-11-27(22,5)25(20)32/h16-19,21-24,29-31,33H,7-15H2,1-6H3. The van der Waals surface area contributed by atoms with E-state index < -0.39 is 28.6 Å². The molecule has 5 heteroatoms. The van der Waals surface area contributed by atoms with Crippen molar-refractivity contribution in [2.75, 3.05) is 6.61 Å². The van der Waals surface area contributed by atoms with E-state index in [1.165, 1.54) is 0 Å². The number of fused-ring (bicyclic) bond motifs is 1. The van der Waals surface area contributed by atoms with Crippen LogP contribution in [-0.2, 0) is 4.79 Å².